The summed E-state index contributed by atoms with van der Waals surface area (Å²) in [5.74, 6) is 2.22. The van der Waals surface area contributed by atoms with E-state index in [1.54, 1.807) is 6.20 Å². The maximum atomic E-state index is 6.43. The second kappa shape index (κ2) is 9.36. The van der Waals surface area contributed by atoms with Gasteiger partial charge in [0.2, 0.25) is 5.88 Å². The molecule has 0 saturated carbocycles. The van der Waals surface area contributed by atoms with Gasteiger partial charge in [-0.15, -0.1) is 0 Å². The van der Waals surface area contributed by atoms with Gasteiger partial charge in [0.15, 0.2) is 0 Å². The monoisotopic (exact) mass is 426 g/mol. The van der Waals surface area contributed by atoms with Crippen molar-refractivity contribution in [3.05, 3.63) is 40.5 Å². The van der Waals surface area contributed by atoms with Gasteiger partial charge in [0.25, 0.3) is 0 Å². The first-order valence-electron chi connectivity index (χ1n) is 10.9. The van der Waals surface area contributed by atoms with E-state index in [0.717, 1.165) is 34.8 Å². The molecule has 0 amide bonds. The summed E-state index contributed by atoms with van der Waals surface area (Å²) in [6.07, 6.45) is 7.86. The average Bonchev–Trinajstić information content (AvgIpc) is 3.18. The molecule has 0 bridgehead atoms. The Hall–Kier alpha value is -2.11. The lowest BCUT2D eigenvalue weighted by Crippen LogP contribution is -2.30. The smallest absolute Gasteiger partial charge is 0.214 e. The van der Waals surface area contributed by atoms with Gasteiger partial charge in [0, 0.05) is 11.6 Å². The third kappa shape index (κ3) is 4.79. The molecule has 1 aliphatic heterocycles. The normalized spacial score (nSPS) is 15.7. The fraction of sp³-hybridized carbons (Fsp3) is 0.500. The molecule has 2 aromatic heterocycles. The Morgan fingerprint density at radius 2 is 2.00 bits per heavy atom. The van der Waals surface area contributed by atoms with Crippen molar-refractivity contribution in [2.75, 3.05) is 26.7 Å². The Balaban J connectivity index is 1.36. The van der Waals surface area contributed by atoms with Crippen LogP contribution in [0.4, 0.5) is 0 Å². The highest BCUT2D eigenvalue weighted by molar-refractivity contribution is 6.33. The Bertz CT molecular complexity index is 1010. The van der Waals surface area contributed by atoms with Gasteiger partial charge in [-0.25, -0.2) is 9.97 Å². The second-order valence-electron chi connectivity index (χ2n) is 8.58. The zero-order valence-electron chi connectivity index (χ0n) is 18.2. The number of aromatic nitrogens is 3. The lowest BCUT2D eigenvalue weighted by atomic mass is 9.92. The van der Waals surface area contributed by atoms with E-state index in [1.165, 1.54) is 49.9 Å². The summed E-state index contributed by atoms with van der Waals surface area (Å²) in [5.41, 5.74) is 5.22. The quantitative estimate of drug-likeness (QED) is 0.486. The van der Waals surface area contributed by atoms with Crippen LogP contribution in [-0.4, -0.2) is 46.6 Å². The van der Waals surface area contributed by atoms with Crippen LogP contribution in [0.5, 0.6) is 5.88 Å². The second-order valence-corrected chi connectivity index (χ2v) is 8.99. The van der Waals surface area contributed by atoms with Crippen molar-refractivity contribution in [2.45, 2.75) is 46.0 Å². The van der Waals surface area contributed by atoms with Gasteiger partial charge < -0.3 is 14.6 Å². The Kier molecular flexibility index (Phi) is 6.59. The molecule has 0 aliphatic carbocycles. The topological polar surface area (TPSA) is 54.0 Å². The molecule has 1 aromatic carbocycles. The number of ether oxygens (including phenoxy) is 1. The fourth-order valence-corrected chi connectivity index (χ4v) is 4.38. The SMILES string of the molecule is Cc1ccc2[nH]c(-c3cc(OCCCCC4CCN(C)CC4)ncc3Cl)nc2c1C. The zero-order valence-corrected chi connectivity index (χ0v) is 18.9. The standard InChI is InChI=1S/C24H31ClN4O/c1-16-7-8-21-23(17(16)2)28-24(27-21)19-14-22(26-15-20(19)25)30-13-5-4-6-18-9-11-29(3)12-10-18/h7-8,14-15,18H,4-6,9-13H2,1-3H3,(H,27,28). The average molecular weight is 427 g/mol. The number of benzene rings is 1. The lowest BCUT2D eigenvalue weighted by Gasteiger charge is -2.28. The van der Waals surface area contributed by atoms with Gasteiger partial charge in [-0.1, -0.05) is 24.1 Å². The fourth-order valence-electron chi connectivity index (χ4n) is 4.18. The summed E-state index contributed by atoms with van der Waals surface area (Å²) >= 11 is 6.43. The molecule has 4 rings (SSSR count). The first-order chi connectivity index (χ1) is 14.5. The summed E-state index contributed by atoms with van der Waals surface area (Å²) in [6.45, 7) is 7.34. The summed E-state index contributed by atoms with van der Waals surface area (Å²) < 4.78 is 5.93. The summed E-state index contributed by atoms with van der Waals surface area (Å²) in [5, 5.41) is 0.568. The van der Waals surface area contributed by atoms with Crippen molar-refractivity contribution >= 4 is 22.6 Å². The predicted octanol–water partition coefficient (Wildman–Crippen LogP) is 5.79. The molecular weight excluding hydrogens is 396 g/mol. The number of piperidine rings is 1. The number of hydrogen-bond donors (Lipinski definition) is 1. The van der Waals surface area contributed by atoms with Gasteiger partial charge in [0.1, 0.15) is 5.82 Å². The molecule has 1 saturated heterocycles. The number of nitrogens with zero attached hydrogens (tertiary/aromatic N) is 3. The highest BCUT2D eigenvalue weighted by Gasteiger charge is 2.16. The van der Waals surface area contributed by atoms with Crippen molar-refractivity contribution in [1.29, 1.82) is 0 Å². The molecule has 0 radical (unpaired) electrons. The first kappa shape index (κ1) is 21.1. The van der Waals surface area contributed by atoms with Crippen LogP contribution in [0.15, 0.2) is 24.4 Å². The summed E-state index contributed by atoms with van der Waals surface area (Å²) in [4.78, 5) is 14.9. The molecule has 0 spiro atoms. The first-order valence-corrected chi connectivity index (χ1v) is 11.3. The van der Waals surface area contributed by atoms with Crippen LogP contribution in [0.25, 0.3) is 22.4 Å². The van der Waals surface area contributed by atoms with E-state index in [4.69, 9.17) is 21.3 Å². The number of hydrogen-bond acceptors (Lipinski definition) is 4. The molecule has 1 N–H and O–H groups in total. The Morgan fingerprint density at radius 1 is 1.20 bits per heavy atom. The predicted molar refractivity (Wildman–Crippen MR) is 123 cm³/mol. The van der Waals surface area contributed by atoms with Gasteiger partial charge >= 0.3 is 0 Å². The third-order valence-electron chi connectivity index (χ3n) is 6.36. The molecule has 3 heterocycles. The minimum Gasteiger partial charge on any atom is -0.478 e. The largest absolute Gasteiger partial charge is 0.478 e. The van der Waals surface area contributed by atoms with E-state index in [2.05, 4.69) is 47.9 Å². The molecular formula is C24H31ClN4O. The molecule has 0 atom stereocenters. The lowest BCUT2D eigenvalue weighted by molar-refractivity contribution is 0.205. The van der Waals surface area contributed by atoms with Crippen LogP contribution in [0, 0.1) is 19.8 Å². The van der Waals surface area contributed by atoms with Crippen molar-refractivity contribution in [3.8, 4) is 17.3 Å². The Morgan fingerprint density at radius 3 is 2.80 bits per heavy atom. The van der Waals surface area contributed by atoms with Crippen LogP contribution >= 0.6 is 11.6 Å². The molecule has 5 nitrogen and oxygen atoms in total. The number of aryl methyl sites for hydroxylation is 2. The van der Waals surface area contributed by atoms with Crippen molar-refractivity contribution in [1.82, 2.24) is 19.9 Å². The van der Waals surface area contributed by atoms with Crippen LogP contribution in [0.1, 0.15) is 43.2 Å². The minimum absolute atomic E-state index is 0.568. The van der Waals surface area contributed by atoms with E-state index in [-0.39, 0.29) is 0 Å². The number of rotatable bonds is 7. The molecule has 6 heteroatoms. The molecule has 30 heavy (non-hydrogen) atoms. The number of pyridine rings is 1. The van der Waals surface area contributed by atoms with Crippen LogP contribution in [0.2, 0.25) is 5.02 Å². The number of H-pyrrole nitrogens is 1. The van der Waals surface area contributed by atoms with Gasteiger partial charge in [-0.3, -0.25) is 0 Å². The van der Waals surface area contributed by atoms with Crippen molar-refractivity contribution in [3.63, 3.8) is 0 Å². The van der Waals surface area contributed by atoms with E-state index in [0.29, 0.717) is 17.5 Å². The van der Waals surface area contributed by atoms with Gasteiger partial charge in [-0.2, -0.15) is 0 Å². The van der Waals surface area contributed by atoms with Crippen LogP contribution < -0.4 is 4.74 Å². The maximum absolute atomic E-state index is 6.43. The molecule has 1 fully saturated rings. The minimum atomic E-state index is 0.568. The summed E-state index contributed by atoms with van der Waals surface area (Å²) in [7, 11) is 2.21. The summed E-state index contributed by atoms with van der Waals surface area (Å²) in [6, 6.07) is 6.05. The highest BCUT2D eigenvalue weighted by Crippen LogP contribution is 2.31. The molecule has 3 aromatic rings. The Labute approximate surface area is 183 Å². The van der Waals surface area contributed by atoms with E-state index < -0.39 is 0 Å². The van der Waals surface area contributed by atoms with E-state index >= 15 is 0 Å². The van der Waals surface area contributed by atoms with E-state index in [1.807, 2.05) is 6.07 Å². The number of aromatic amines is 1. The number of likely N-dealkylation sites (tertiary alicyclic amines) is 1. The zero-order chi connectivity index (χ0) is 21.1. The number of imidazole rings is 1. The number of unbranched alkanes of at least 4 members (excludes halogenated alkanes) is 1. The van der Waals surface area contributed by atoms with Crippen molar-refractivity contribution < 1.29 is 4.74 Å². The van der Waals surface area contributed by atoms with Crippen LogP contribution in [0.3, 0.4) is 0 Å². The van der Waals surface area contributed by atoms with Gasteiger partial charge in [0.05, 0.1) is 28.9 Å². The molecule has 0 unspecified atom stereocenters. The van der Waals surface area contributed by atoms with Gasteiger partial charge in [-0.05, 0) is 82.8 Å². The third-order valence-corrected chi connectivity index (χ3v) is 6.66. The maximum Gasteiger partial charge on any atom is 0.214 e. The van der Waals surface area contributed by atoms with E-state index in [9.17, 15) is 0 Å². The molecule has 160 valence electrons. The highest BCUT2D eigenvalue weighted by atomic mass is 35.5. The molecule has 1 aliphatic rings. The number of halogens is 1. The number of nitrogens with one attached hydrogen (secondary N) is 1. The number of fused-ring (bicyclic) bond motifs is 1. The van der Waals surface area contributed by atoms with Crippen LogP contribution in [-0.2, 0) is 0 Å². The van der Waals surface area contributed by atoms with Crippen molar-refractivity contribution in [2.24, 2.45) is 5.92 Å².